The summed E-state index contributed by atoms with van der Waals surface area (Å²) in [6, 6.07) is 21.8. The van der Waals surface area contributed by atoms with Crippen LogP contribution in [0.5, 0.6) is 23.0 Å². The van der Waals surface area contributed by atoms with Gasteiger partial charge in [0.1, 0.15) is 30.3 Å². The average molecular weight is 545 g/mol. The number of carbonyl (C=O) groups excluding carboxylic acids is 2. The highest BCUT2D eigenvalue weighted by atomic mass is 16.5. The Hall–Kier alpha value is -4.46. The molecule has 0 aromatic heterocycles. The molecule has 0 saturated carbocycles. The maximum atomic E-state index is 12.9. The van der Waals surface area contributed by atoms with E-state index in [4.69, 9.17) is 18.9 Å². The molecular formula is C32H36N2O6. The first-order valence-corrected chi connectivity index (χ1v) is 13.8. The van der Waals surface area contributed by atoms with Crippen LogP contribution in [-0.2, 0) is 9.59 Å². The molecule has 3 aromatic carbocycles. The first-order valence-electron chi connectivity index (χ1n) is 13.8. The number of hydrogen-bond donors (Lipinski definition) is 1. The molecule has 1 aliphatic rings. The second-order valence-electron chi connectivity index (χ2n) is 9.19. The van der Waals surface area contributed by atoms with E-state index in [1.807, 2.05) is 37.3 Å². The van der Waals surface area contributed by atoms with Crippen LogP contribution in [-0.4, -0.2) is 38.2 Å². The zero-order valence-electron chi connectivity index (χ0n) is 23.1. The molecule has 1 heterocycles. The quantitative estimate of drug-likeness (QED) is 0.144. The second kappa shape index (κ2) is 14.6. The van der Waals surface area contributed by atoms with Crippen LogP contribution in [0, 0.1) is 0 Å². The van der Waals surface area contributed by atoms with Crippen LogP contribution in [0.2, 0.25) is 0 Å². The molecule has 210 valence electrons. The predicted octanol–water partition coefficient (Wildman–Crippen LogP) is 5.96. The Morgan fingerprint density at radius 2 is 1.43 bits per heavy atom. The van der Waals surface area contributed by atoms with Gasteiger partial charge in [-0.1, -0.05) is 50.5 Å². The number of hydrazine groups is 1. The minimum atomic E-state index is -0.462. The van der Waals surface area contributed by atoms with E-state index in [2.05, 4.69) is 12.3 Å². The summed E-state index contributed by atoms with van der Waals surface area (Å²) in [5.41, 5.74) is 3.89. The number of para-hydroxylation sites is 1. The number of nitrogens with zero attached hydrogens (tertiary/aromatic N) is 1. The molecule has 8 heteroatoms. The highest BCUT2D eigenvalue weighted by Gasteiger charge is 2.34. The van der Waals surface area contributed by atoms with Crippen LogP contribution in [0.4, 0.5) is 5.69 Å². The first-order chi connectivity index (χ1) is 19.6. The molecule has 1 N–H and O–H groups in total. The number of rotatable bonds is 15. The lowest BCUT2D eigenvalue weighted by molar-refractivity contribution is -0.117. The lowest BCUT2D eigenvalue weighted by atomic mass is 10.1. The van der Waals surface area contributed by atoms with Crippen molar-refractivity contribution >= 4 is 23.6 Å². The van der Waals surface area contributed by atoms with Gasteiger partial charge in [-0.05, 0) is 73.5 Å². The summed E-state index contributed by atoms with van der Waals surface area (Å²) >= 11 is 0. The molecule has 0 aliphatic carbocycles. The highest BCUT2D eigenvalue weighted by Crippen LogP contribution is 2.30. The van der Waals surface area contributed by atoms with Crippen molar-refractivity contribution in [3.63, 3.8) is 0 Å². The third-order valence-corrected chi connectivity index (χ3v) is 6.18. The van der Waals surface area contributed by atoms with Crippen molar-refractivity contribution in [2.45, 2.75) is 39.5 Å². The normalized spacial score (nSPS) is 13.8. The summed E-state index contributed by atoms with van der Waals surface area (Å²) in [6.45, 7) is 5.88. The van der Waals surface area contributed by atoms with Crippen LogP contribution in [0.1, 0.15) is 45.1 Å². The zero-order valence-corrected chi connectivity index (χ0v) is 23.1. The fourth-order valence-electron chi connectivity index (χ4n) is 4.15. The summed E-state index contributed by atoms with van der Waals surface area (Å²) in [7, 11) is 0. The topological polar surface area (TPSA) is 86.3 Å². The minimum Gasteiger partial charge on any atom is -0.494 e. The van der Waals surface area contributed by atoms with E-state index in [9.17, 15) is 9.59 Å². The van der Waals surface area contributed by atoms with Crippen molar-refractivity contribution in [3.8, 4) is 23.0 Å². The van der Waals surface area contributed by atoms with Crippen molar-refractivity contribution in [3.05, 3.63) is 83.9 Å². The smallest absolute Gasteiger partial charge is 0.282 e. The number of ether oxygens (including phenoxy) is 4. The highest BCUT2D eigenvalue weighted by molar-refractivity contribution is 6.31. The largest absolute Gasteiger partial charge is 0.494 e. The Balaban J connectivity index is 1.31. The molecule has 0 unspecified atom stereocenters. The van der Waals surface area contributed by atoms with Gasteiger partial charge in [-0.2, -0.15) is 0 Å². The Bertz CT molecular complexity index is 1290. The zero-order chi connectivity index (χ0) is 28.2. The first kappa shape index (κ1) is 28.5. The molecule has 8 nitrogen and oxygen atoms in total. The van der Waals surface area contributed by atoms with Crippen LogP contribution in [0.25, 0.3) is 6.08 Å². The molecule has 0 spiro atoms. The molecule has 40 heavy (non-hydrogen) atoms. The van der Waals surface area contributed by atoms with E-state index < -0.39 is 11.8 Å². The van der Waals surface area contributed by atoms with E-state index in [1.165, 1.54) is 24.3 Å². The summed E-state index contributed by atoms with van der Waals surface area (Å²) in [4.78, 5) is 25.4. The van der Waals surface area contributed by atoms with Crippen molar-refractivity contribution in [1.29, 1.82) is 0 Å². The number of hydrogen-bond acceptors (Lipinski definition) is 6. The molecule has 0 radical (unpaired) electrons. The predicted molar refractivity (Wildman–Crippen MR) is 155 cm³/mol. The van der Waals surface area contributed by atoms with E-state index in [-0.39, 0.29) is 5.57 Å². The van der Waals surface area contributed by atoms with Gasteiger partial charge in [0.05, 0.1) is 18.9 Å². The number of amides is 2. The Morgan fingerprint density at radius 1 is 0.725 bits per heavy atom. The van der Waals surface area contributed by atoms with E-state index >= 15 is 0 Å². The number of carbonyl (C=O) groups is 2. The number of unbranched alkanes of at least 4 members (excludes halogenated alkanes) is 3. The lowest BCUT2D eigenvalue weighted by Gasteiger charge is -2.14. The maximum absolute atomic E-state index is 12.9. The van der Waals surface area contributed by atoms with Crippen LogP contribution < -0.4 is 29.4 Å². The molecule has 3 aromatic rings. The third-order valence-electron chi connectivity index (χ3n) is 6.18. The summed E-state index contributed by atoms with van der Waals surface area (Å²) in [6.07, 6.45) is 6.25. The van der Waals surface area contributed by atoms with Crippen molar-refractivity contribution in [2.24, 2.45) is 0 Å². The number of benzene rings is 3. The van der Waals surface area contributed by atoms with E-state index in [1.54, 1.807) is 48.5 Å². The second-order valence-corrected chi connectivity index (χ2v) is 9.19. The molecule has 1 saturated heterocycles. The summed E-state index contributed by atoms with van der Waals surface area (Å²) in [5, 5.41) is 1.24. The Labute approximate surface area is 235 Å². The van der Waals surface area contributed by atoms with Gasteiger partial charge in [0.2, 0.25) is 0 Å². The van der Waals surface area contributed by atoms with Crippen molar-refractivity contribution < 1.29 is 28.5 Å². The molecule has 0 atom stereocenters. The third kappa shape index (κ3) is 7.79. The fraction of sp³-hybridized carbons (Fsp3) is 0.312. The SMILES string of the molecule is CCCCCCOc1ccc(OCCOc2ccc(/C=C3\C(=O)NN(c4ccccc4)C3=O)cc2OCC)cc1. The Kier molecular flexibility index (Phi) is 10.4. The fourth-order valence-corrected chi connectivity index (χ4v) is 4.15. The molecular weight excluding hydrogens is 508 g/mol. The van der Waals surface area contributed by atoms with Crippen LogP contribution in [0.3, 0.4) is 0 Å². The number of anilines is 1. The van der Waals surface area contributed by atoms with Gasteiger partial charge < -0.3 is 18.9 Å². The molecule has 4 rings (SSSR count). The summed E-state index contributed by atoms with van der Waals surface area (Å²) < 4.78 is 23.3. The van der Waals surface area contributed by atoms with Crippen LogP contribution in [0.15, 0.2) is 78.4 Å². The van der Waals surface area contributed by atoms with Crippen LogP contribution >= 0.6 is 0 Å². The van der Waals surface area contributed by atoms with Crippen molar-refractivity contribution in [1.82, 2.24) is 5.43 Å². The van der Waals surface area contributed by atoms with Crippen molar-refractivity contribution in [2.75, 3.05) is 31.4 Å². The number of nitrogens with one attached hydrogen (secondary N) is 1. The van der Waals surface area contributed by atoms with Gasteiger partial charge in [-0.15, -0.1) is 0 Å². The van der Waals surface area contributed by atoms with E-state index in [0.29, 0.717) is 42.6 Å². The average Bonchev–Trinajstić information content (AvgIpc) is 3.26. The molecule has 1 aliphatic heterocycles. The van der Waals surface area contributed by atoms with Gasteiger partial charge in [0.15, 0.2) is 11.5 Å². The Morgan fingerprint density at radius 3 is 2.12 bits per heavy atom. The lowest BCUT2D eigenvalue weighted by Crippen LogP contribution is -2.35. The molecule has 0 bridgehead atoms. The minimum absolute atomic E-state index is 0.0429. The van der Waals surface area contributed by atoms with Gasteiger partial charge in [-0.25, -0.2) is 5.01 Å². The van der Waals surface area contributed by atoms with Gasteiger partial charge >= 0.3 is 0 Å². The molecule has 2 amide bonds. The van der Waals surface area contributed by atoms with E-state index in [0.717, 1.165) is 24.5 Å². The summed E-state index contributed by atoms with van der Waals surface area (Å²) in [5.74, 6) is 1.75. The van der Waals surface area contributed by atoms with Gasteiger partial charge in [0.25, 0.3) is 11.8 Å². The van der Waals surface area contributed by atoms with Gasteiger partial charge in [-0.3, -0.25) is 15.0 Å². The monoisotopic (exact) mass is 544 g/mol. The standard InChI is InChI=1S/C32H36N2O6/c1-3-5-6-10-19-38-26-14-16-27(17-15-26)39-20-21-40-29-18-13-24(23-30(29)37-4-2)22-28-31(35)33-34(32(28)36)25-11-8-7-9-12-25/h7-9,11-18,22-23H,3-6,10,19-21H2,1-2H3,(H,33,35)/b28-22+. The molecule has 1 fully saturated rings. The maximum Gasteiger partial charge on any atom is 0.282 e. The van der Waals surface area contributed by atoms with Gasteiger partial charge in [0, 0.05) is 0 Å².